The normalized spacial score (nSPS) is 10.4. The Morgan fingerprint density at radius 2 is 2.26 bits per heavy atom. The fourth-order valence-corrected chi connectivity index (χ4v) is 1.64. The van der Waals surface area contributed by atoms with Crippen LogP contribution in [0.1, 0.15) is 12.5 Å². The first-order valence-electron chi connectivity index (χ1n) is 5.97. The van der Waals surface area contributed by atoms with Crippen LogP contribution >= 0.6 is 0 Å². The van der Waals surface area contributed by atoms with Gasteiger partial charge in [-0.25, -0.2) is 9.78 Å². The summed E-state index contributed by atoms with van der Waals surface area (Å²) in [6.07, 6.45) is 1.98. The van der Waals surface area contributed by atoms with E-state index in [9.17, 15) is 9.59 Å². The van der Waals surface area contributed by atoms with Crippen molar-refractivity contribution >= 4 is 23.0 Å². The van der Waals surface area contributed by atoms with Crippen LogP contribution in [0.2, 0.25) is 0 Å². The van der Waals surface area contributed by atoms with E-state index < -0.39 is 11.9 Å². The van der Waals surface area contributed by atoms with Crippen LogP contribution in [0.4, 0.5) is 0 Å². The van der Waals surface area contributed by atoms with Gasteiger partial charge in [0.1, 0.15) is 5.52 Å². The molecule has 1 heterocycles. The van der Waals surface area contributed by atoms with Gasteiger partial charge in [0.15, 0.2) is 12.0 Å². The number of carbonyl (C=O) groups excluding carboxylic acids is 2. The topological polar surface area (TPSA) is 81.4 Å². The molecular formula is C13H14N2O4. The molecule has 1 aromatic heterocycles. The second-order valence-corrected chi connectivity index (χ2v) is 3.88. The van der Waals surface area contributed by atoms with Crippen molar-refractivity contribution in [3.8, 4) is 0 Å². The first kappa shape index (κ1) is 13.1. The van der Waals surface area contributed by atoms with Crippen LogP contribution in [0.3, 0.4) is 0 Å². The minimum Gasteiger partial charge on any atom is -0.459 e. The third-order valence-electron chi connectivity index (χ3n) is 2.56. The van der Waals surface area contributed by atoms with Gasteiger partial charge in [-0.2, -0.15) is 0 Å². The highest BCUT2D eigenvalue weighted by Crippen LogP contribution is 2.14. The van der Waals surface area contributed by atoms with Crippen molar-refractivity contribution in [2.45, 2.75) is 13.3 Å². The standard InChI is InChI=1S/C13H14N2O4/c1-2-18-13(17)12(16)14-6-5-9-3-4-10-11(7-9)19-8-15-10/h3-4,7-8H,2,5-6H2,1H3,(H,14,16). The van der Waals surface area contributed by atoms with Crippen LogP contribution in [-0.2, 0) is 20.7 Å². The Morgan fingerprint density at radius 1 is 1.42 bits per heavy atom. The number of nitrogens with one attached hydrogen (secondary N) is 1. The molecule has 2 aromatic rings. The Balaban J connectivity index is 1.85. The van der Waals surface area contributed by atoms with Crippen molar-refractivity contribution in [2.24, 2.45) is 0 Å². The van der Waals surface area contributed by atoms with Crippen molar-refractivity contribution in [1.82, 2.24) is 10.3 Å². The molecule has 1 N–H and O–H groups in total. The van der Waals surface area contributed by atoms with E-state index in [1.54, 1.807) is 6.92 Å². The number of carbonyl (C=O) groups is 2. The zero-order valence-corrected chi connectivity index (χ0v) is 10.5. The number of benzene rings is 1. The van der Waals surface area contributed by atoms with Gasteiger partial charge in [-0.1, -0.05) is 6.07 Å². The van der Waals surface area contributed by atoms with E-state index >= 15 is 0 Å². The van der Waals surface area contributed by atoms with Gasteiger partial charge in [-0.05, 0) is 31.0 Å². The highest BCUT2D eigenvalue weighted by molar-refractivity contribution is 6.32. The molecule has 0 aliphatic rings. The predicted molar refractivity (Wildman–Crippen MR) is 67.4 cm³/mol. The lowest BCUT2D eigenvalue weighted by molar-refractivity contribution is -0.154. The third kappa shape index (κ3) is 3.31. The quantitative estimate of drug-likeness (QED) is 0.658. The van der Waals surface area contributed by atoms with Gasteiger partial charge in [-0.15, -0.1) is 0 Å². The summed E-state index contributed by atoms with van der Waals surface area (Å²) in [4.78, 5) is 26.4. The van der Waals surface area contributed by atoms with Gasteiger partial charge in [0.2, 0.25) is 0 Å². The average Bonchev–Trinajstić information content (AvgIpc) is 2.86. The molecule has 0 spiro atoms. The predicted octanol–water partition coefficient (Wildman–Crippen LogP) is 1.05. The van der Waals surface area contributed by atoms with Crippen molar-refractivity contribution in [2.75, 3.05) is 13.2 Å². The summed E-state index contributed by atoms with van der Waals surface area (Å²) in [6, 6.07) is 5.61. The maximum atomic E-state index is 11.3. The van der Waals surface area contributed by atoms with Gasteiger partial charge < -0.3 is 14.5 Å². The van der Waals surface area contributed by atoms with E-state index in [4.69, 9.17) is 4.42 Å². The Hall–Kier alpha value is -2.37. The van der Waals surface area contributed by atoms with Gasteiger partial charge >= 0.3 is 11.9 Å². The largest absolute Gasteiger partial charge is 0.459 e. The number of ether oxygens (including phenoxy) is 1. The highest BCUT2D eigenvalue weighted by Gasteiger charge is 2.13. The lowest BCUT2D eigenvalue weighted by Gasteiger charge is -2.04. The van der Waals surface area contributed by atoms with Crippen molar-refractivity contribution in [1.29, 1.82) is 0 Å². The minimum atomic E-state index is -0.854. The monoisotopic (exact) mass is 262 g/mol. The number of rotatable bonds is 4. The Labute approximate surface area is 109 Å². The third-order valence-corrected chi connectivity index (χ3v) is 2.56. The van der Waals surface area contributed by atoms with Crippen LogP contribution < -0.4 is 5.32 Å². The van der Waals surface area contributed by atoms with Gasteiger partial charge in [-0.3, -0.25) is 4.79 Å². The Kier molecular flexibility index (Phi) is 4.12. The van der Waals surface area contributed by atoms with E-state index in [2.05, 4.69) is 15.0 Å². The molecule has 1 aromatic carbocycles. The van der Waals surface area contributed by atoms with Crippen LogP contribution in [-0.4, -0.2) is 30.0 Å². The van der Waals surface area contributed by atoms with E-state index in [1.807, 2.05) is 18.2 Å². The summed E-state index contributed by atoms with van der Waals surface area (Å²) < 4.78 is 9.76. The SMILES string of the molecule is CCOC(=O)C(=O)NCCc1ccc2ncoc2c1. The summed E-state index contributed by atoms with van der Waals surface area (Å²) in [5.41, 5.74) is 2.49. The molecule has 0 saturated carbocycles. The first-order valence-corrected chi connectivity index (χ1v) is 5.97. The van der Waals surface area contributed by atoms with Gasteiger partial charge in [0.25, 0.3) is 0 Å². The molecule has 0 aliphatic carbocycles. The molecular weight excluding hydrogens is 248 g/mol. The average molecular weight is 262 g/mol. The maximum Gasteiger partial charge on any atom is 0.396 e. The molecule has 0 aliphatic heterocycles. The lowest BCUT2D eigenvalue weighted by Crippen LogP contribution is -2.33. The first-order chi connectivity index (χ1) is 9.20. The highest BCUT2D eigenvalue weighted by atomic mass is 16.5. The molecule has 1 amide bonds. The number of nitrogens with zero attached hydrogens (tertiary/aromatic N) is 1. The Morgan fingerprint density at radius 3 is 3.05 bits per heavy atom. The van der Waals surface area contributed by atoms with E-state index in [0.717, 1.165) is 11.1 Å². The smallest absolute Gasteiger partial charge is 0.396 e. The van der Waals surface area contributed by atoms with Crippen molar-refractivity contribution in [3.05, 3.63) is 30.2 Å². The summed E-state index contributed by atoms with van der Waals surface area (Å²) in [5, 5.41) is 2.50. The lowest BCUT2D eigenvalue weighted by atomic mass is 10.1. The van der Waals surface area contributed by atoms with Crippen LogP contribution in [0.15, 0.2) is 29.0 Å². The second-order valence-electron chi connectivity index (χ2n) is 3.88. The number of hydrogen-bond acceptors (Lipinski definition) is 5. The maximum absolute atomic E-state index is 11.3. The fraction of sp³-hybridized carbons (Fsp3) is 0.308. The van der Waals surface area contributed by atoms with Crippen LogP contribution in [0.25, 0.3) is 11.1 Å². The summed E-state index contributed by atoms with van der Waals surface area (Å²) in [5.74, 6) is -1.57. The fourth-order valence-electron chi connectivity index (χ4n) is 1.64. The zero-order chi connectivity index (χ0) is 13.7. The van der Waals surface area contributed by atoms with Crippen molar-refractivity contribution < 1.29 is 18.7 Å². The molecule has 0 unspecified atom stereocenters. The molecule has 0 bridgehead atoms. The Bertz CT molecular complexity index is 591. The molecule has 2 rings (SSSR count). The number of hydrogen-bond donors (Lipinski definition) is 1. The summed E-state index contributed by atoms with van der Waals surface area (Å²) in [7, 11) is 0. The number of fused-ring (bicyclic) bond motifs is 1. The molecule has 0 fully saturated rings. The molecule has 0 radical (unpaired) electrons. The van der Waals surface area contributed by atoms with E-state index in [1.165, 1.54) is 6.39 Å². The molecule has 0 saturated heterocycles. The van der Waals surface area contributed by atoms with E-state index in [-0.39, 0.29) is 6.61 Å². The van der Waals surface area contributed by atoms with Crippen LogP contribution in [0, 0.1) is 0 Å². The second kappa shape index (κ2) is 5.99. The van der Waals surface area contributed by atoms with E-state index in [0.29, 0.717) is 18.5 Å². The number of aromatic nitrogens is 1. The zero-order valence-electron chi connectivity index (χ0n) is 10.5. The number of amides is 1. The molecule has 6 heteroatoms. The molecule has 0 atom stereocenters. The van der Waals surface area contributed by atoms with Crippen LogP contribution in [0.5, 0.6) is 0 Å². The van der Waals surface area contributed by atoms with Gasteiger partial charge in [0.05, 0.1) is 6.61 Å². The number of esters is 1. The number of oxazole rings is 1. The summed E-state index contributed by atoms with van der Waals surface area (Å²) in [6.45, 7) is 2.20. The molecule has 6 nitrogen and oxygen atoms in total. The molecule has 100 valence electrons. The summed E-state index contributed by atoms with van der Waals surface area (Å²) >= 11 is 0. The van der Waals surface area contributed by atoms with Crippen molar-refractivity contribution in [3.63, 3.8) is 0 Å². The van der Waals surface area contributed by atoms with Gasteiger partial charge in [0, 0.05) is 6.54 Å². The minimum absolute atomic E-state index is 0.189. The molecule has 19 heavy (non-hydrogen) atoms.